The first kappa shape index (κ1) is 13.6. The van der Waals surface area contributed by atoms with Crippen molar-refractivity contribution in [1.29, 1.82) is 0 Å². The fourth-order valence-corrected chi connectivity index (χ4v) is 2.67. The summed E-state index contributed by atoms with van der Waals surface area (Å²) in [5.74, 6) is -0.509. The molecular weight excluding hydrogens is 272 g/mol. The molecule has 0 spiro atoms. The Labute approximate surface area is 121 Å². The highest BCUT2D eigenvalue weighted by atomic mass is 16.5. The minimum atomic E-state index is -0.253. The summed E-state index contributed by atoms with van der Waals surface area (Å²) in [5, 5.41) is 4.82. The molecule has 0 radical (unpaired) electrons. The normalized spacial score (nSPS) is 18.1. The second kappa shape index (κ2) is 5.55. The number of amides is 1. The van der Waals surface area contributed by atoms with Crippen LogP contribution in [0.25, 0.3) is 11.0 Å². The van der Waals surface area contributed by atoms with E-state index in [-0.39, 0.29) is 24.2 Å². The first-order valence-electron chi connectivity index (χ1n) is 6.88. The zero-order chi connectivity index (χ0) is 14.8. The van der Waals surface area contributed by atoms with Gasteiger partial charge in [-0.15, -0.1) is 0 Å². The van der Waals surface area contributed by atoms with E-state index in [1.165, 1.54) is 7.11 Å². The molecule has 1 aromatic heterocycles. The maximum Gasteiger partial charge on any atom is 0.310 e. The molecule has 6 heteroatoms. The van der Waals surface area contributed by atoms with E-state index in [4.69, 9.17) is 9.26 Å². The van der Waals surface area contributed by atoms with Gasteiger partial charge in [0.1, 0.15) is 5.69 Å². The van der Waals surface area contributed by atoms with E-state index in [9.17, 15) is 9.59 Å². The third-order valence-electron chi connectivity index (χ3n) is 3.85. The molecule has 1 atom stereocenters. The molecule has 0 N–H and O–H groups in total. The van der Waals surface area contributed by atoms with Crippen LogP contribution in [0.5, 0.6) is 0 Å². The Hall–Kier alpha value is -2.37. The number of methoxy groups -OCH3 is 1. The van der Waals surface area contributed by atoms with Crippen molar-refractivity contribution in [2.75, 3.05) is 20.2 Å². The van der Waals surface area contributed by atoms with Crippen molar-refractivity contribution >= 4 is 22.8 Å². The summed E-state index contributed by atoms with van der Waals surface area (Å²) in [5.41, 5.74) is 1.31. The van der Waals surface area contributed by atoms with E-state index in [0.29, 0.717) is 30.8 Å². The summed E-state index contributed by atoms with van der Waals surface area (Å²) in [6.45, 7) is 0.996. The maximum atomic E-state index is 12.3. The lowest BCUT2D eigenvalue weighted by Crippen LogP contribution is -2.31. The molecule has 6 nitrogen and oxygen atoms in total. The minimum Gasteiger partial charge on any atom is -0.469 e. The summed E-state index contributed by atoms with van der Waals surface area (Å²) in [4.78, 5) is 25.5. The number of carbonyl (C=O) groups excluding carboxylic acids is 2. The van der Waals surface area contributed by atoms with Gasteiger partial charge in [0, 0.05) is 18.5 Å². The summed E-state index contributed by atoms with van der Waals surface area (Å²) >= 11 is 0. The minimum absolute atomic E-state index is 0.0412. The SMILES string of the molecule is COC(=O)C1CCN(C(=O)Cc2noc3ccccc23)C1. The number of likely N-dealkylation sites (tertiary alicyclic amines) is 1. The number of ether oxygens (including phenoxy) is 1. The lowest BCUT2D eigenvalue weighted by atomic mass is 10.1. The van der Waals surface area contributed by atoms with Gasteiger partial charge in [0.15, 0.2) is 5.58 Å². The molecule has 2 aromatic rings. The Morgan fingerprint density at radius 2 is 2.24 bits per heavy atom. The van der Waals surface area contributed by atoms with Crippen LogP contribution in [0, 0.1) is 5.92 Å². The third kappa shape index (κ3) is 2.61. The largest absolute Gasteiger partial charge is 0.469 e. The fourth-order valence-electron chi connectivity index (χ4n) is 2.67. The number of para-hydroxylation sites is 1. The van der Waals surface area contributed by atoms with Gasteiger partial charge in [-0.3, -0.25) is 9.59 Å². The second-order valence-electron chi connectivity index (χ2n) is 5.15. The summed E-state index contributed by atoms with van der Waals surface area (Å²) < 4.78 is 9.92. The van der Waals surface area contributed by atoms with Crippen LogP contribution >= 0.6 is 0 Å². The second-order valence-corrected chi connectivity index (χ2v) is 5.15. The molecule has 3 rings (SSSR count). The van der Waals surface area contributed by atoms with Gasteiger partial charge in [0.25, 0.3) is 0 Å². The standard InChI is InChI=1S/C15H16N2O4/c1-20-15(19)10-6-7-17(9-10)14(18)8-12-11-4-2-3-5-13(11)21-16-12/h2-5,10H,6-9H2,1H3. The number of carbonyl (C=O) groups is 2. The van der Waals surface area contributed by atoms with Crippen LogP contribution in [0.3, 0.4) is 0 Å². The first-order valence-corrected chi connectivity index (χ1v) is 6.88. The van der Waals surface area contributed by atoms with Crippen LogP contribution in [0.4, 0.5) is 0 Å². The molecule has 1 saturated heterocycles. The average molecular weight is 288 g/mol. The highest BCUT2D eigenvalue weighted by molar-refractivity contribution is 5.86. The maximum absolute atomic E-state index is 12.3. The number of aromatic nitrogens is 1. The zero-order valence-corrected chi connectivity index (χ0v) is 11.7. The topological polar surface area (TPSA) is 72.6 Å². The van der Waals surface area contributed by atoms with Gasteiger partial charge in [-0.2, -0.15) is 0 Å². The Morgan fingerprint density at radius 1 is 1.43 bits per heavy atom. The Kier molecular flexibility index (Phi) is 3.60. The number of hydrogen-bond acceptors (Lipinski definition) is 5. The van der Waals surface area contributed by atoms with Gasteiger partial charge >= 0.3 is 5.97 Å². The van der Waals surface area contributed by atoms with Gasteiger partial charge in [-0.1, -0.05) is 17.3 Å². The zero-order valence-electron chi connectivity index (χ0n) is 11.7. The van der Waals surface area contributed by atoms with Crippen LogP contribution in [-0.4, -0.2) is 42.1 Å². The molecule has 2 heterocycles. The van der Waals surface area contributed by atoms with Crippen LogP contribution in [0.1, 0.15) is 12.1 Å². The van der Waals surface area contributed by atoms with Crippen molar-refractivity contribution < 1.29 is 18.8 Å². The number of benzene rings is 1. The highest BCUT2D eigenvalue weighted by Gasteiger charge is 2.32. The van der Waals surface area contributed by atoms with Gasteiger partial charge in [0.2, 0.25) is 5.91 Å². The Balaban J connectivity index is 1.68. The predicted molar refractivity (Wildman–Crippen MR) is 74.4 cm³/mol. The molecule has 1 aliphatic heterocycles. The van der Waals surface area contributed by atoms with Crippen molar-refractivity contribution in [3.05, 3.63) is 30.0 Å². The van der Waals surface area contributed by atoms with Crippen molar-refractivity contribution in [1.82, 2.24) is 10.1 Å². The molecule has 110 valence electrons. The average Bonchev–Trinajstić information content (AvgIpc) is 3.14. The predicted octanol–water partition coefficient (Wildman–Crippen LogP) is 1.39. The summed E-state index contributed by atoms with van der Waals surface area (Å²) in [6.07, 6.45) is 0.836. The molecule has 0 bridgehead atoms. The molecule has 1 fully saturated rings. The monoisotopic (exact) mass is 288 g/mol. The first-order chi connectivity index (χ1) is 10.2. The van der Waals surface area contributed by atoms with Crippen molar-refractivity contribution in [2.24, 2.45) is 5.92 Å². The van der Waals surface area contributed by atoms with Crippen LogP contribution in [0.2, 0.25) is 0 Å². The Bertz CT molecular complexity index is 679. The van der Waals surface area contributed by atoms with E-state index in [2.05, 4.69) is 5.16 Å². The van der Waals surface area contributed by atoms with E-state index >= 15 is 0 Å². The summed E-state index contributed by atoms with van der Waals surface area (Å²) in [7, 11) is 1.37. The lowest BCUT2D eigenvalue weighted by molar-refractivity contribution is -0.145. The van der Waals surface area contributed by atoms with Crippen molar-refractivity contribution in [3.8, 4) is 0 Å². The summed E-state index contributed by atoms with van der Waals surface area (Å²) in [6, 6.07) is 7.45. The number of nitrogens with zero attached hydrogens (tertiary/aromatic N) is 2. The van der Waals surface area contributed by atoms with Gasteiger partial charge in [0.05, 0.1) is 19.4 Å². The smallest absolute Gasteiger partial charge is 0.310 e. The molecule has 0 aliphatic carbocycles. The highest BCUT2D eigenvalue weighted by Crippen LogP contribution is 2.21. The number of hydrogen-bond donors (Lipinski definition) is 0. The Morgan fingerprint density at radius 3 is 3.05 bits per heavy atom. The molecule has 1 aromatic carbocycles. The van der Waals surface area contributed by atoms with Crippen molar-refractivity contribution in [2.45, 2.75) is 12.8 Å². The van der Waals surface area contributed by atoms with Gasteiger partial charge in [-0.05, 0) is 18.6 Å². The number of esters is 1. The fraction of sp³-hybridized carbons (Fsp3) is 0.400. The van der Waals surface area contributed by atoms with E-state index in [0.717, 1.165) is 5.39 Å². The van der Waals surface area contributed by atoms with Crippen LogP contribution in [0.15, 0.2) is 28.8 Å². The molecule has 1 aliphatic rings. The molecule has 21 heavy (non-hydrogen) atoms. The molecule has 1 unspecified atom stereocenters. The molecule has 1 amide bonds. The van der Waals surface area contributed by atoms with Crippen LogP contribution < -0.4 is 0 Å². The van der Waals surface area contributed by atoms with Crippen molar-refractivity contribution in [3.63, 3.8) is 0 Å². The number of fused-ring (bicyclic) bond motifs is 1. The van der Waals surface area contributed by atoms with E-state index < -0.39 is 0 Å². The third-order valence-corrected chi connectivity index (χ3v) is 3.85. The van der Waals surface area contributed by atoms with E-state index in [1.807, 2.05) is 24.3 Å². The van der Waals surface area contributed by atoms with Crippen LogP contribution in [-0.2, 0) is 20.7 Å². The number of rotatable bonds is 3. The quantitative estimate of drug-likeness (QED) is 0.798. The van der Waals surface area contributed by atoms with Gasteiger partial charge < -0.3 is 14.2 Å². The molecule has 0 saturated carbocycles. The van der Waals surface area contributed by atoms with Gasteiger partial charge in [-0.25, -0.2) is 0 Å². The molecular formula is C15H16N2O4. The van der Waals surface area contributed by atoms with E-state index in [1.54, 1.807) is 4.90 Å². The lowest BCUT2D eigenvalue weighted by Gasteiger charge is -2.15.